The summed E-state index contributed by atoms with van der Waals surface area (Å²) in [5, 5.41) is 4.74. The molecule has 0 spiro atoms. The molecule has 0 saturated carbocycles. The highest BCUT2D eigenvalue weighted by Crippen LogP contribution is 2.45. The van der Waals surface area contributed by atoms with Crippen molar-refractivity contribution in [3.8, 4) is 11.1 Å². The largest absolute Gasteiger partial charge is 0.380 e. The van der Waals surface area contributed by atoms with Gasteiger partial charge in [0.2, 0.25) is 0 Å². The van der Waals surface area contributed by atoms with Gasteiger partial charge in [-0.3, -0.25) is 0 Å². The van der Waals surface area contributed by atoms with Crippen LogP contribution >= 0.6 is 23.2 Å². The van der Waals surface area contributed by atoms with Crippen LogP contribution in [-0.2, 0) is 0 Å². The molecular formula is C15H11Cl2N. The Balaban J connectivity index is 2.25. The van der Waals surface area contributed by atoms with Gasteiger partial charge in [-0.1, -0.05) is 41.9 Å². The number of rotatable bonds is 2. The highest BCUT2D eigenvalue weighted by Gasteiger charge is 2.28. The first kappa shape index (κ1) is 11.6. The molecule has 3 rings (SSSR count). The van der Waals surface area contributed by atoms with Crippen LogP contribution in [0.3, 0.4) is 0 Å². The predicted octanol–water partition coefficient (Wildman–Crippen LogP) is 4.80. The number of fused-ring (bicyclic) bond motifs is 3. The molecule has 0 radical (unpaired) electrons. The van der Waals surface area contributed by atoms with Crippen LogP contribution in [-0.4, -0.2) is 0 Å². The Hall–Kier alpha value is -1.44. The average Bonchev–Trinajstić information content (AvgIpc) is 2.63. The summed E-state index contributed by atoms with van der Waals surface area (Å²) < 4.78 is 0. The molecule has 0 amide bonds. The molecule has 0 aliphatic heterocycles. The van der Waals surface area contributed by atoms with Crippen molar-refractivity contribution in [2.45, 2.75) is 6.04 Å². The lowest BCUT2D eigenvalue weighted by atomic mass is 10.1. The van der Waals surface area contributed by atoms with E-state index in [4.69, 9.17) is 23.2 Å². The molecule has 1 aliphatic rings. The standard InChI is InChI=1S/C15H11Cl2N/c1-2-18-15-13-7-9(16)3-5-11(13)12-6-4-10(17)8-14(12)15/h2-8,15,18H,1H2. The van der Waals surface area contributed by atoms with E-state index in [0.29, 0.717) is 0 Å². The average molecular weight is 276 g/mol. The molecule has 0 saturated heterocycles. The van der Waals surface area contributed by atoms with E-state index < -0.39 is 0 Å². The van der Waals surface area contributed by atoms with Gasteiger partial charge in [-0.15, -0.1) is 0 Å². The van der Waals surface area contributed by atoms with E-state index in [2.05, 4.69) is 24.0 Å². The zero-order valence-corrected chi connectivity index (χ0v) is 11.1. The third-order valence-corrected chi connectivity index (χ3v) is 3.69. The highest BCUT2D eigenvalue weighted by molar-refractivity contribution is 6.31. The summed E-state index contributed by atoms with van der Waals surface area (Å²) in [7, 11) is 0. The summed E-state index contributed by atoms with van der Waals surface area (Å²) in [5.41, 5.74) is 4.73. The Morgan fingerprint density at radius 3 is 1.89 bits per heavy atom. The molecule has 3 heteroatoms. The van der Waals surface area contributed by atoms with Crippen LogP contribution in [0.15, 0.2) is 49.2 Å². The van der Waals surface area contributed by atoms with Crippen molar-refractivity contribution in [2.75, 3.05) is 0 Å². The Morgan fingerprint density at radius 2 is 1.44 bits per heavy atom. The monoisotopic (exact) mass is 275 g/mol. The van der Waals surface area contributed by atoms with Crippen molar-refractivity contribution in [3.63, 3.8) is 0 Å². The second-order valence-corrected chi connectivity index (χ2v) is 5.14. The normalized spacial score (nSPS) is 13.0. The second kappa shape index (κ2) is 4.34. The number of halogens is 2. The van der Waals surface area contributed by atoms with Crippen LogP contribution in [0.2, 0.25) is 10.0 Å². The molecule has 0 aromatic heterocycles. The van der Waals surface area contributed by atoms with Crippen LogP contribution in [0.25, 0.3) is 11.1 Å². The van der Waals surface area contributed by atoms with Gasteiger partial charge >= 0.3 is 0 Å². The fraction of sp³-hybridized carbons (Fsp3) is 0.0667. The van der Waals surface area contributed by atoms with Crippen LogP contribution in [0.1, 0.15) is 17.2 Å². The van der Waals surface area contributed by atoms with E-state index >= 15 is 0 Å². The molecule has 1 N–H and O–H groups in total. The maximum Gasteiger partial charge on any atom is 0.0775 e. The first-order valence-electron chi connectivity index (χ1n) is 5.67. The van der Waals surface area contributed by atoms with Gasteiger partial charge in [0.1, 0.15) is 0 Å². The molecule has 0 heterocycles. The first-order valence-corrected chi connectivity index (χ1v) is 6.42. The number of hydrogen-bond acceptors (Lipinski definition) is 1. The molecule has 0 bridgehead atoms. The number of nitrogens with one attached hydrogen (secondary N) is 1. The lowest BCUT2D eigenvalue weighted by Crippen LogP contribution is -2.13. The molecule has 1 nitrogen and oxygen atoms in total. The lowest BCUT2D eigenvalue weighted by molar-refractivity contribution is 0.749. The Bertz CT molecular complexity index is 583. The third kappa shape index (κ3) is 1.71. The van der Waals surface area contributed by atoms with Crippen LogP contribution < -0.4 is 5.32 Å². The van der Waals surface area contributed by atoms with Gasteiger partial charge in [-0.25, -0.2) is 0 Å². The highest BCUT2D eigenvalue weighted by atomic mass is 35.5. The van der Waals surface area contributed by atoms with E-state index in [1.54, 1.807) is 6.20 Å². The molecule has 1 aliphatic carbocycles. The summed E-state index contributed by atoms with van der Waals surface area (Å²) in [6, 6.07) is 12.0. The van der Waals surface area contributed by atoms with Gasteiger partial charge in [-0.05, 0) is 52.7 Å². The zero-order valence-electron chi connectivity index (χ0n) is 9.58. The molecule has 2 aromatic carbocycles. The van der Waals surface area contributed by atoms with Gasteiger partial charge < -0.3 is 5.32 Å². The summed E-state index contributed by atoms with van der Waals surface area (Å²) in [4.78, 5) is 0. The Kier molecular flexibility index (Phi) is 2.81. The minimum Gasteiger partial charge on any atom is -0.380 e. The van der Waals surface area contributed by atoms with Crippen molar-refractivity contribution in [3.05, 3.63) is 70.3 Å². The molecule has 90 valence electrons. The van der Waals surface area contributed by atoms with Gasteiger partial charge in [0, 0.05) is 10.0 Å². The molecule has 0 atom stereocenters. The van der Waals surface area contributed by atoms with Gasteiger partial charge in [0.05, 0.1) is 6.04 Å². The van der Waals surface area contributed by atoms with E-state index in [9.17, 15) is 0 Å². The SMILES string of the molecule is C=CNC1c2cc(Cl)ccc2-c2ccc(Cl)cc21. The maximum absolute atomic E-state index is 6.08. The van der Waals surface area contributed by atoms with Crippen LogP contribution in [0.5, 0.6) is 0 Å². The van der Waals surface area contributed by atoms with Gasteiger partial charge in [-0.2, -0.15) is 0 Å². The summed E-state index contributed by atoms with van der Waals surface area (Å²) in [5.74, 6) is 0. The van der Waals surface area contributed by atoms with E-state index in [1.165, 1.54) is 22.3 Å². The smallest absolute Gasteiger partial charge is 0.0775 e. The van der Waals surface area contributed by atoms with E-state index in [-0.39, 0.29) is 6.04 Å². The zero-order chi connectivity index (χ0) is 12.7. The second-order valence-electron chi connectivity index (χ2n) is 4.27. The van der Waals surface area contributed by atoms with Crippen LogP contribution in [0, 0.1) is 0 Å². The molecular weight excluding hydrogens is 265 g/mol. The fourth-order valence-corrected chi connectivity index (χ4v) is 2.86. The minimum atomic E-state index is 0.0740. The lowest BCUT2D eigenvalue weighted by Gasteiger charge is -2.13. The predicted molar refractivity (Wildman–Crippen MR) is 77.1 cm³/mol. The number of benzene rings is 2. The van der Waals surface area contributed by atoms with Crippen molar-refractivity contribution >= 4 is 23.2 Å². The van der Waals surface area contributed by atoms with Crippen molar-refractivity contribution in [2.24, 2.45) is 0 Å². The Labute approximate surface area is 116 Å². The molecule has 0 unspecified atom stereocenters. The summed E-state index contributed by atoms with van der Waals surface area (Å²) >= 11 is 12.2. The van der Waals surface area contributed by atoms with Crippen molar-refractivity contribution in [1.29, 1.82) is 0 Å². The van der Waals surface area contributed by atoms with Crippen molar-refractivity contribution in [1.82, 2.24) is 5.32 Å². The summed E-state index contributed by atoms with van der Waals surface area (Å²) in [6.07, 6.45) is 1.70. The van der Waals surface area contributed by atoms with E-state index in [1.807, 2.05) is 24.3 Å². The first-order chi connectivity index (χ1) is 8.70. The fourth-order valence-electron chi connectivity index (χ4n) is 2.50. The van der Waals surface area contributed by atoms with E-state index in [0.717, 1.165) is 10.0 Å². The van der Waals surface area contributed by atoms with Crippen molar-refractivity contribution < 1.29 is 0 Å². The van der Waals surface area contributed by atoms with Gasteiger partial charge in [0.25, 0.3) is 0 Å². The maximum atomic E-state index is 6.08. The van der Waals surface area contributed by atoms with Gasteiger partial charge in [0.15, 0.2) is 0 Å². The molecule has 18 heavy (non-hydrogen) atoms. The third-order valence-electron chi connectivity index (χ3n) is 3.22. The molecule has 0 fully saturated rings. The molecule has 2 aromatic rings. The topological polar surface area (TPSA) is 12.0 Å². The summed E-state index contributed by atoms with van der Waals surface area (Å²) in [6.45, 7) is 3.74. The minimum absolute atomic E-state index is 0.0740. The Morgan fingerprint density at radius 1 is 0.944 bits per heavy atom. The quantitative estimate of drug-likeness (QED) is 0.831. The van der Waals surface area contributed by atoms with Crippen LogP contribution in [0.4, 0.5) is 0 Å². The number of hydrogen-bond donors (Lipinski definition) is 1.